The summed E-state index contributed by atoms with van der Waals surface area (Å²) < 4.78 is 3.06. The van der Waals surface area contributed by atoms with Crippen molar-refractivity contribution in [3.05, 3.63) is 25.3 Å². The van der Waals surface area contributed by atoms with Crippen LogP contribution in [0.15, 0.2) is 25.3 Å². The second kappa shape index (κ2) is 8.60. The predicted octanol–water partition coefficient (Wildman–Crippen LogP) is 0.316. The first-order chi connectivity index (χ1) is 6.67. The SMILES string of the molecule is C=CC[SiH](C)N([SiH2][SiH2]C)[SiH2-](C)CC=C. The van der Waals surface area contributed by atoms with Gasteiger partial charge in [0.15, 0.2) is 0 Å². The van der Waals surface area contributed by atoms with Crippen molar-refractivity contribution in [3.8, 4) is 0 Å². The summed E-state index contributed by atoms with van der Waals surface area (Å²) in [4.78, 5) is 0. The molecule has 1 unspecified atom stereocenters. The molecule has 1 atom stereocenters. The predicted molar refractivity (Wildman–Crippen MR) is 82.2 cm³/mol. The number of rotatable bonds is 8. The van der Waals surface area contributed by atoms with Gasteiger partial charge < -0.3 is 0 Å². The normalized spacial score (nSPS) is 15.6. The minimum atomic E-state index is -0.960. The minimum absolute atomic E-state index is 0.217. The molecule has 0 aromatic carbocycles. The van der Waals surface area contributed by atoms with Gasteiger partial charge >= 0.3 is 97.1 Å². The van der Waals surface area contributed by atoms with E-state index in [1.165, 1.54) is 12.1 Å². The van der Waals surface area contributed by atoms with Crippen LogP contribution in [0.1, 0.15) is 0 Å². The van der Waals surface area contributed by atoms with Gasteiger partial charge in [0.05, 0.1) is 0 Å². The molecule has 0 saturated carbocycles. The Morgan fingerprint density at radius 3 is 2.50 bits per heavy atom. The first kappa shape index (κ1) is 14.3. The van der Waals surface area contributed by atoms with Crippen molar-refractivity contribution in [2.75, 3.05) is 0 Å². The van der Waals surface area contributed by atoms with Gasteiger partial charge in [-0.1, -0.05) is 0 Å². The number of nitrogens with zero attached hydrogens (tertiary/aromatic N) is 1. The fourth-order valence-corrected chi connectivity index (χ4v) is 30.2. The molecular formula is C9H26NSi4-. The van der Waals surface area contributed by atoms with Crippen LogP contribution in [0.25, 0.3) is 0 Å². The Bertz CT molecular complexity index is 158. The average molecular weight is 261 g/mol. The van der Waals surface area contributed by atoms with Crippen molar-refractivity contribution in [1.82, 2.24) is 3.90 Å². The molecule has 5 heteroatoms. The zero-order valence-corrected chi connectivity index (χ0v) is 15.5. The van der Waals surface area contributed by atoms with Gasteiger partial charge in [-0.05, 0) is 0 Å². The third-order valence-corrected chi connectivity index (χ3v) is 25.0. The quantitative estimate of drug-likeness (QED) is 0.449. The van der Waals surface area contributed by atoms with Crippen LogP contribution >= 0.6 is 0 Å². The zero-order chi connectivity index (χ0) is 11.0. The van der Waals surface area contributed by atoms with E-state index in [0.717, 1.165) is 0 Å². The van der Waals surface area contributed by atoms with E-state index < -0.39 is 17.9 Å². The van der Waals surface area contributed by atoms with E-state index in [1.807, 2.05) is 0 Å². The van der Waals surface area contributed by atoms with Crippen LogP contribution in [0.5, 0.6) is 0 Å². The molecule has 1 nitrogen and oxygen atoms in total. The molecule has 0 heterocycles. The summed E-state index contributed by atoms with van der Waals surface area (Å²) >= 11 is 0. The molecule has 0 aromatic heterocycles. The van der Waals surface area contributed by atoms with E-state index in [1.54, 1.807) is 0 Å². The van der Waals surface area contributed by atoms with Crippen molar-refractivity contribution < 1.29 is 0 Å². The zero-order valence-electron chi connectivity index (χ0n) is 10.1. The van der Waals surface area contributed by atoms with Gasteiger partial charge in [-0.3, -0.25) is 0 Å². The van der Waals surface area contributed by atoms with Crippen LogP contribution in [-0.4, -0.2) is 40.0 Å². The van der Waals surface area contributed by atoms with E-state index in [0.29, 0.717) is 9.04 Å². The summed E-state index contributed by atoms with van der Waals surface area (Å²) in [6.07, 6.45) is 4.28. The molecule has 0 aliphatic heterocycles. The molecule has 0 aliphatic rings. The van der Waals surface area contributed by atoms with Gasteiger partial charge in [0.25, 0.3) is 0 Å². The summed E-state index contributed by atoms with van der Waals surface area (Å²) in [5, 5.41) is 0. The Kier molecular flexibility index (Phi) is 8.79. The molecule has 0 N–H and O–H groups in total. The van der Waals surface area contributed by atoms with Crippen LogP contribution in [0, 0.1) is 0 Å². The standard InChI is InChI=1S/C9H26NSi4/c1-6-8-13(4)10(12-11-3)14(5)9-7-2/h6-7,13H,1-2,8-9,11-12,14H2,3-5H3/q-1. The molecule has 84 valence electrons. The van der Waals surface area contributed by atoms with Gasteiger partial charge in [-0.25, -0.2) is 0 Å². The van der Waals surface area contributed by atoms with E-state index in [9.17, 15) is 0 Å². The summed E-state index contributed by atoms with van der Waals surface area (Å²) in [6.45, 7) is 15.3. The molecule has 14 heavy (non-hydrogen) atoms. The molecular weight excluding hydrogens is 234 g/mol. The molecule has 0 spiro atoms. The molecule has 0 rings (SSSR count). The number of hydrogen-bond acceptors (Lipinski definition) is 1. The number of allylic oxidation sites excluding steroid dienone is 2. The van der Waals surface area contributed by atoms with Crippen LogP contribution < -0.4 is 0 Å². The number of hydrogen-bond donors (Lipinski definition) is 0. The topological polar surface area (TPSA) is 3.24 Å². The maximum atomic E-state index is 3.89. The summed E-state index contributed by atoms with van der Waals surface area (Å²) in [5.74, 6) is 0. The summed E-state index contributed by atoms with van der Waals surface area (Å²) in [7, 11) is -1.00. The van der Waals surface area contributed by atoms with Gasteiger partial charge in [-0.15, -0.1) is 0 Å². The molecule has 0 bridgehead atoms. The third-order valence-electron chi connectivity index (χ3n) is 2.96. The molecule has 0 aromatic rings. The summed E-state index contributed by atoms with van der Waals surface area (Å²) in [6, 6.07) is 2.65. The second-order valence-electron chi connectivity index (χ2n) is 4.30. The van der Waals surface area contributed by atoms with E-state index in [-0.39, 0.29) is 9.20 Å². The molecule has 0 amide bonds. The molecule has 0 saturated heterocycles. The summed E-state index contributed by atoms with van der Waals surface area (Å²) in [5.41, 5.74) is 0. The van der Waals surface area contributed by atoms with Gasteiger partial charge in [0, 0.05) is 0 Å². The van der Waals surface area contributed by atoms with Crippen molar-refractivity contribution >= 4 is 36.2 Å². The van der Waals surface area contributed by atoms with E-state index in [4.69, 9.17) is 0 Å². The van der Waals surface area contributed by atoms with Crippen molar-refractivity contribution in [3.63, 3.8) is 0 Å². The van der Waals surface area contributed by atoms with Crippen molar-refractivity contribution in [2.45, 2.75) is 31.7 Å². The first-order valence-electron chi connectivity index (χ1n) is 5.92. The van der Waals surface area contributed by atoms with E-state index >= 15 is 0 Å². The van der Waals surface area contributed by atoms with Gasteiger partial charge in [0.2, 0.25) is 0 Å². The Hall–Kier alpha value is 0.308. The average Bonchev–Trinajstić information content (AvgIpc) is 2.14. The Balaban J connectivity index is 4.23. The van der Waals surface area contributed by atoms with Crippen LogP contribution in [0.2, 0.25) is 31.7 Å². The van der Waals surface area contributed by atoms with Gasteiger partial charge in [-0.2, -0.15) is 0 Å². The van der Waals surface area contributed by atoms with Crippen molar-refractivity contribution in [2.24, 2.45) is 0 Å². The second-order valence-corrected chi connectivity index (χ2v) is 19.6. The fourth-order valence-electron chi connectivity index (χ4n) is 2.16. The Morgan fingerprint density at radius 2 is 2.07 bits per heavy atom. The van der Waals surface area contributed by atoms with E-state index in [2.05, 4.69) is 48.8 Å². The molecule has 0 radical (unpaired) electrons. The van der Waals surface area contributed by atoms with Crippen molar-refractivity contribution in [1.29, 1.82) is 0 Å². The Morgan fingerprint density at radius 1 is 1.43 bits per heavy atom. The molecule has 0 fully saturated rings. The van der Waals surface area contributed by atoms with Crippen LogP contribution in [0.3, 0.4) is 0 Å². The molecule has 0 aliphatic carbocycles. The monoisotopic (exact) mass is 260 g/mol. The fraction of sp³-hybridized carbons (Fsp3) is 0.556. The first-order valence-corrected chi connectivity index (χ1v) is 17.5. The Labute approximate surface area is 97.2 Å². The van der Waals surface area contributed by atoms with Gasteiger partial charge in [0.1, 0.15) is 0 Å². The van der Waals surface area contributed by atoms with Crippen LogP contribution in [-0.2, 0) is 0 Å². The third kappa shape index (κ3) is 5.25. The maximum absolute atomic E-state index is 3.89. The van der Waals surface area contributed by atoms with Crippen LogP contribution in [0.4, 0.5) is 0 Å².